The van der Waals surface area contributed by atoms with Crippen LogP contribution in [0.3, 0.4) is 0 Å². The van der Waals surface area contributed by atoms with Crippen LogP contribution < -0.4 is 33.7 Å². The number of methoxy groups -OCH3 is 1. The number of aromatic nitrogens is 4. The summed E-state index contributed by atoms with van der Waals surface area (Å²) in [4.78, 5) is 28.6. The van der Waals surface area contributed by atoms with Gasteiger partial charge < -0.3 is 27.0 Å². The molecular weight excluding hydrogens is 382 g/mol. The molecule has 0 amide bonds. The molecule has 1 aromatic carbocycles. The van der Waals surface area contributed by atoms with Gasteiger partial charge >= 0.3 is 5.69 Å². The molecule has 0 aliphatic rings. The Morgan fingerprint density at radius 2 is 1.79 bits per heavy atom. The van der Waals surface area contributed by atoms with Crippen LogP contribution in [0.15, 0.2) is 40.2 Å². The zero-order chi connectivity index (χ0) is 19.4. The molecule has 28 heavy (non-hydrogen) atoms. The number of rotatable bonds is 8. The van der Waals surface area contributed by atoms with E-state index in [-0.39, 0.29) is 23.7 Å². The zero-order valence-electron chi connectivity index (χ0n) is 16.4. The highest BCUT2D eigenvalue weighted by Crippen LogP contribution is 2.12. The molecule has 3 aromatic rings. The van der Waals surface area contributed by atoms with Crippen molar-refractivity contribution in [3.63, 3.8) is 0 Å². The second kappa shape index (κ2) is 9.57. The third kappa shape index (κ3) is 4.45. The lowest BCUT2D eigenvalue weighted by Gasteiger charge is -2.07. The summed E-state index contributed by atoms with van der Waals surface area (Å²) < 4.78 is 9.53. The van der Waals surface area contributed by atoms with Crippen LogP contribution in [0.25, 0.3) is 11.2 Å². The predicted octanol–water partition coefficient (Wildman–Crippen LogP) is -3.36. The number of nitrogens with two attached hydrogens (primary N) is 1. The van der Waals surface area contributed by atoms with Gasteiger partial charge in [-0.15, -0.1) is 0 Å². The second-order valence-electron chi connectivity index (χ2n) is 6.63. The van der Waals surface area contributed by atoms with E-state index in [2.05, 4.69) is 22.4 Å². The summed E-state index contributed by atoms with van der Waals surface area (Å²) in [6, 6.07) is 8.15. The minimum Gasteiger partial charge on any atom is -1.00 e. The van der Waals surface area contributed by atoms with Crippen LogP contribution >= 0.6 is 0 Å². The molecule has 0 saturated carbocycles. The Kier molecular flexibility index (Phi) is 7.42. The number of imidazole rings is 1. The average Bonchev–Trinajstić information content (AvgIpc) is 3.12. The van der Waals surface area contributed by atoms with Gasteiger partial charge in [0.25, 0.3) is 5.56 Å². The summed E-state index contributed by atoms with van der Waals surface area (Å²) in [6.07, 6.45) is 3.74. The molecule has 0 unspecified atom stereocenters. The first-order chi connectivity index (χ1) is 13.0. The van der Waals surface area contributed by atoms with E-state index in [1.807, 2.05) is 16.7 Å². The quantitative estimate of drug-likeness (QED) is 0.395. The van der Waals surface area contributed by atoms with Gasteiger partial charge in [0, 0.05) is 20.5 Å². The standard InChI is InChI=1S/C19H25N5O3.ClH/c1-22-17-16(18(25)23(2)19(22)26)24(13-21-17)12-11-20-10-4-5-14-6-8-15(27-3)9-7-14;/h6-9,13,20H,4-5,10-12H2,1-3H3;1H. The first-order valence-electron chi connectivity index (χ1n) is 9.08. The molecule has 0 aliphatic heterocycles. The average molecular weight is 408 g/mol. The van der Waals surface area contributed by atoms with Crippen LogP contribution in [-0.2, 0) is 27.1 Å². The van der Waals surface area contributed by atoms with Crippen LogP contribution in [0.5, 0.6) is 5.75 Å². The predicted molar refractivity (Wildman–Crippen MR) is 103 cm³/mol. The summed E-state index contributed by atoms with van der Waals surface area (Å²) in [5.74, 6) is 0.876. The minimum absolute atomic E-state index is 0. The Balaban J connectivity index is 0.00000280. The Bertz CT molecular complexity index is 1040. The number of ether oxygens (including phenoxy) is 1. The van der Waals surface area contributed by atoms with Gasteiger partial charge in [-0.05, 0) is 24.1 Å². The fourth-order valence-electron chi connectivity index (χ4n) is 3.18. The van der Waals surface area contributed by atoms with Gasteiger partial charge in [0.2, 0.25) is 0 Å². The van der Waals surface area contributed by atoms with Crippen LogP contribution in [-0.4, -0.2) is 38.9 Å². The molecule has 8 nitrogen and oxygen atoms in total. The molecule has 0 aliphatic carbocycles. The maximum absolute atomic E-state index is 12.4. The van der Waals surface area contributed by atoms with E-state index in [0.29, 0.717) is 17.7 Å². The number of aryl methyl sites for hydroxylation is 2. The molecule has 3 rings (SSSR count). The van der Waals surface area contributed by atoms with E-state index in [1.165, 1.54) is 17.2 Å². The van der Waals surface area contributed by atoms with Gasteiger partial charge in [0.1, 0.15) is 5.75 Å². The van der Waals surface area contributed by atoms with E-state index < -0.39 is 0 Å². The third-order valence-electron chi connectivity index (χ3n) is 4.82. The largest absolute Gasteiger partial charge is 1.00 e. The molecule has 2 heterocycles. The van der Waals surface area contributed by atoms with E-state index in [9.17, 15) is 9.59 Å². The van der Waals surface area contributed by atoms with Gasteiger partial charge in [0.15, 0.2) is 11.2 Å². The minimum atomic E-state index is -0.358. The van der Waals surface area contributed by atoms with Crippen molar-refractivity contribution in [2.24, 2.45) is 14.1 Å². The highest BCUT2D eigenvalue weighted by Gasteiger charge is 2.14. The molecule has 152 valence electrons. The van der Waals surface area contributed by atoms with Crippen molar-refractivity contribution in [2.75, 3.05) is 20.2 Å². The van der Waals surface area contributed by atoms with Gasteiger partial charge in [0.05, 0.1) is 33.1 Å². The van der Waals surface area contributed by atoms with Gasteiger partial charge in [-0.25, -0.2) is 9.78 Å². The van der Waals surface area contributed by atoms with Crippen molar-refractivity contribution in [2.45, 2.75) is 19.4 Å². The fourth-order valence-corrected chi connectivity index (χ4v) is 3.18. The zero-order valence-corrected chi connectivity index (χ0v) is 17.1. The summed E-state index contributed by atoms with van der Waals surface area (Å²) in [5.41, 5.74) is 1.55. The van der Waals surface area contributed by atoms with Crippen molar-refractivity contribution in [1.82, 2.24) is 18.7 Å². The molecule has 0 spiro atoms. The third-order valence-corrected chi connectivity index (χ3v) is 4.82. The number of fused-ring (bicyclic) bond motifs is 1. The first kappa shape index (κ1) is 21.7. The van der Waals surface area contributed by atoms with Crippen molar-refractivity contribution in [3.05, 3.63) is 57.0 Å². The van der Waals surface area contributed by atoms with Gasteiger partial charge in [-0.1, -0.05) is 12.1 Å². The number of nitrogens with zero attached hydrogens (tertiary/aromatic N) is 4. The Morgan fingerprint density at radius 1 is 1.07 bits per heavy atom. The lowest BCUT2D eigenvalue weighted by atomic mass is 10.1. The number of hydrogen-bond donors (Lipinski definition) is 1. The highest BCUT2D eigenvalue weighted by atomic mass is 35.5. The Morgan fingerprint density at radius 3 is 2.46 bits per heavy atom. The molecule has 2 N–H and O–H groups in total. The lowest BCUT2D eigenvalue weighted by Crippen LogP contribution is -3.00. The maximum Gasteiger partial charge on any atom is 0.332 e. The van der Waals surface area contributed by atoms with Gasteiger partial charge in [-0.2, -0.15) is 0 Å². The van der Waals surface area contributed by atoms with Crippen LogP contribution in [0, 0.1) is 0 Å². The lowest BCUT2D eigenvalue weighted by molar-refractivity contribution is -0.655. The summed E-state index contributed by atoms with van der Waals surface area (Å²) in [6.45, 7) is 2.53. The molecule has 0 atom stereocenters. The van der Waals surface area contributed by atoms with E-state index in [0.717, 1.165) is 36.2 Å². The molecule has 0 bridgehead atoms. The molecule has 2 aromatic heterocycles. The number of benzene rings is 1. The monoisotopic (exact) mass is 407 g/mol. The van der Waals surface area contributed by atoms with Crippen LogP contribution in [0.4, 0.5) is 0 Å². The molecule has 0 radical (unpaired) electrons. The van der Waals surface area contributed by atoms with Gasteiger partial charge in [-0.3, -0.25) is 13.9 Å². The normalized spacial score (nSPS) is 10.8. The molecule has 0 saturated heterocycles. The number of quaternary nitrogens is 1. The Labute approximate surface area is 169 Å². The van der Waals surface area contributed by atoms with Crippen molar-refractivity contribution in [3.8, 4) is 5.75 Å². The van der Waals surface area contributed by atoms with Crippen molar-refractivity contribution < 1.29 is 22.5 Å². The van der Waals surface area contributed by atoms with Crippen molar-refractivity contribution in [1.29, 1.82) is 0 Å². The maximum atomic E-state index is 12.4. The SMILES string of the molecule is COc1ccc(CCC[NH2+]CCn2cnc3c2c(=O)n(C)c(=O)n3C)cc1.[Cl-]. The van der Waals surface area contributed by atoms with Crippen molar-refractivity contribution >= 4 is 11.2 Å². The number of hydrogen-bond acceptors (Lipinski definition) is 4. The first-order valence-corrected chi connectivity index (χ1v) is 9.08. The summed E-state index contributed by atoms with van der Waals surface area (Å²) in [5, 5.41) is 2.24. The summed E-state index contributed by atoms with van der Waals surface area (Å²) in [7, 11) is 4.79. The number of halogens is 1. The summed E-state index contributed by atoms with van der Waals surface area (Å²) >= 11 is 0. The Hall–Kier alpha value is -2.58. The van der Waals surface area contributed by atoms with E-state index in [4.69, 9.17) is 4.74 Å². The van der Waals surface area contributed by atoms with Crippen LogP contribution in [0.1, 0.15) is 12.0 Å². The van der Waals surface area contributed by atoms with Crippen LogP contribution in [0.2, 0.25) is 0 Å². The van der Waals surface area contributed by atoms with E-state index in [1.54, 1.807) is 20.5 Å². The smallest absolute Gasteiger partial charge is 0.332 e. The highest BCUT2D eigenvalue weighted by molar-refractivity contribution is 5.69. The topological polar surface area (TPSA) is 87.7 Å². The molecule has 9 heteroatoms. The fraction of sp³-hybridized carbons (Fsp3) is 0.421. The van der Waals surface area contributed by atoms with E-state index >= 15 is 0 Å². The second-order valence-corrected chi connectivity index (χ2v) is 6.63. The molecule has 0 fully saturated rings. The molecular formula is C19H26ClN5O3.